The molecule has 1 amide bonds. The molecule has 1 saturated carbocycles. The number of nitrogens with one attached hydrogen (secondary N) is 1. The Hall–Kier alpha value is -1.88. The Labute approximate surface area is 146 Å². The van der Waals surface area contributed by atoms with Gasteiger partial charge in [0.1, 0.15) is 5.54 Å². The summed E-state index contributed by atoms with van der Waals surface area (Å²) < 4.78 is 5.53. The van der Waals surface area contributed by atoms with Gasteiger partial charge in [0.25, 0.3) is 11.8 Å². The number of hydrogen-bond acceptors (Lipinski definition) is 4. The minimum absolute atomic E-state index is 0.141. The number of carbonyl (C=O) groups excluding carboxylic acids is 1. The van der Waals surface area contributed by atoms with Crippen molar-refractivity contribution < 1.29 is 9.32 Å². The van der Waals surface area contributed by atoms with Crippen molar-refractivity contribution in [3.63, 3.8) is 0 Å². The standard InChI is InChI=1S/C18H22ClN3O2/c1-12(2)15-20-17(24-22-15)18(10-4-3-5-11-18)21-16(23)13-6-8-14(19)9-7-13/h6-9,12H,3-5,10-11H2,1-2H3,(H,21,23). The summed E-state index contributed by atoms with van der Waals surface area (Å²) in [5.74, 6) is 1.25. The van der Waals surface area contributed by atoms with Crippen LogP contribution in [0.3, 0.4) is 0 Å². The van der Waals surface area contributed by atoms with E-state index in [4.69, 9.17) is 16.1 Å². The molecular weight excluding hydrogens is 326 g/mol. The second-order valence-corrected chi connectivity index (χ2v) is 7.15. The number of amides is 1. The largest absolute Gasteiger partial charge is 0.338 e. The zero-order valence-corrected chi connectivity index (χ0v) is 14.8. The van der Waals surface area contributed by atoms with Crippen LogP contribution in [0, 0.1) is 0 Å². The Morgan fingerprint density at radius 3 is 2.46 bits per heavy atom. The van der Waals surface area contributed by atoms with Crippen LogP contribution in [0.4, 0.5) is 0 Å². The summed E-state index contributed by atoms with van der Waals surface area (Å²) in [4.78, 5) is 17.3. The fraction of sp³-hybridized carbons (Fsp3) is 0.500. The summed E-state index contributed by atoms with van der Waals surface area (Å²) in [5.41, 5.74) is 0.00251. The van der Waals surface area contributed by atoms with E-state index < -0.39 is 5.54 Å². The van der Waals surface area contributed by atoms with Gasteiger partial charge in [-0.1, -0.05) is 49.9 Å². The van der Waals surface area contributed by atoms with E-state index in [2.05, 4.69) is 15.5 Å². The van der Waals surface area contributed by atoms with Gasteiger partial charge in [0.15, 0.2) is 5.82 Å². The number of halogens is 1. The fourth-order valence-corrected chi connectivity index (χ4v) is 3.23. The first-order chi connectivity index (χ1) is 11.5. The van der Waals surface area contributed by atoms with Crippen molar-refractivity contribution in [1.82, 2.24) is 15.5 Å². The number of hydrogen-bond donors (Lipinski definition) is 1. The van der Waals surface area contributed by atoms with E-state index in [0.29, 0.717) is 22.3 Å². The van der Waals surface area contributed by atoms with E-state index in [1.54, 1.807) is 24.3 Å². The molecule has 1 aliphatic carbocycles. The predicted molar refractivity (Wildman–Crippen MR) is 92.1 cm³/mol. The molecule has 1 N–H and O–H groups in total. The lowest BCUT2D eigenvalue weighted by Gasteiger charge is -2.34. The van der Waals surface area contributed by atoms with E-state index in [1.807, 2.05) is 13.8 Å². The average molecular weight is 348 g/mol. The minimum atomic E-state index is -0.574. The second-order valence-electron chi connectivity index (χ2n) is 6.72. The third-order valence-corrected chi connectivity index (χ3v) is 4.79. The van der Waals surface area contributed by atoms with Crippen LogP contribution in [0.2, 0.25) is 5.02 Å². The molecule has 0 atom stereocenters. The maximum Gasteiger partial charge on any atom is 0.252 e. The molecule has 128 valence electrons. The number of nitrogens with zero attached hydrogens (tertiary/aromatic N) is 2. The summed E-state index contributed by atoms with van der Waals surface area (Å²) in [6.45, 7) is 4.04. The molecule has 1 aromatic heterocycles. The van der Waals surface area contributed by atoms with Crippen molar-refractivity contribution in [2.45, 2.75) is 57.4 Å². The lowest BCUT2D eigenvalue weighted by molar-refractivity contribution is 0.0824. The highest BCUT2D eigenvalue weighted by Crippen LogP contribution is 2.37. The summed E-state index contributed by atoms with van der Waals surface area (Å²) >= 11 is 5.90. The fourth-order valence-electron chi connectivity index (χ4n) is 3.10. The molecule has 6 heteroatoms. The van der Waals surface area contributed by atoms with Crippen molar-refractivity contribution in [2.24, 2.45) is 0 Å². The topological polar surface area (TPSA) is 68.0 Å². The summed E-state index contributed by atoms with van der Waals surface area (Å²) in [6, 6.07) is 6.88. The normalized spacial score (nSPS) is 17.0. The van der Waals surface area contributed by atoms with Gasteiger partial charge in [-0.15, -0.1) is 0 Å². The molecule has 5 nitrogen and oxygen atoms in total. The van der Waals surface area contributed by atoms with E-state index in [-0.39, 0.29) is 11.8 Å². The van der Waals surface area contributed by atoms with Gasteiger partial charge in [0, 0.05) is 16.5 Å². The predicted octanol–water partition coefficient (Wildman–Crippen LogP) is 4.44. The van der Waals surface area contributed by atoms with Crippen molar-refractivity contribution in [1.29, 1.82) is 0 Å². The Morgan fingerprint density at radius 1 is 1.21 bits per heavy atom. The zero-order chi connectivity index (χ0) is 17.2. The third kappa shape index (κ3) is 3.46. The van der Waals surface area contributed by atoms with Gasteiger partial charge >= 0.3 is 0 Å². The third-order valence-electron chi connectivity index (χ3n) is 4.53. The number of carbonyl (C=O) groups is 1. The van der Waals surface area contributed by atoms with Crippen molar-refractivity contribution >= 4 is 17.5 Å². The van der Waals surface area contributed by atoms with Crippen molar-refractivity contribution in [2.75, 3.05) is 0 Å². The van der Waals surface area contributed by atoms with Crippen LogP contribution in [0.5, 0.6) is 0 Å². The van der Waals surface area contributed by atoms with Gasteiger partial charge in [-0.25, -0.2) is 0 Å². The lowest BCUT2D eigenvalue weighted by atomic mass is 9.81. The molecule has 2 aromatic rings. The smallest absolute Gasteiger partial charge is 0.252 e. The molecule has 1 aliphatic rings. The molecule has 1 fully saturated rings. The second kappa shape index (κ2) is 6.93. The molecule has 24 heavy (non-hydrogen) atoms. The first-order valence-corrected chi connectivity index (χ1v) is 8.80. The molecular formula is C18H22ClN3O2. The van der Waals surface area contributed by atoms with E-state index >= 15 is 0 Å². The SMILES string of the molecule is CC(C)c1noc(C2(NC(=O)c3ccc(Cl)cc3)CCCCC2)n1. The van der Waals surface area contributed by atoms with Gasteiger partial charge < -0.3 is 9.84 Å². The first kappa shape index (κ1) is 17.0. The lowest BCUT2D eigenvalue weighted by Crippen LogP contribution is -2.47. The van der Waals surface area contributed by atoms with E-state index in [1.165, 1.54) is 0 Å². The Bertz CT molecular complexity index is 703. The van der Waals surface area contributed by atoms with Crippen molar-refractivity contribution in [3.8, 4) is 0 Å². The molecule has 0 spiro atoms. The molecule has 1 aromatic carbocycles. The van der Waals surface area contributed by atoms with Crippen LogP contribution in [-0.4, -0.2) is 16.0 Å². The molecule has 0 radical (unpaired) electrons. The van der Waals surface area contributed by atoms with Crippen molar-refractivity contribution in [3.05, 3.63) is 46.6 Å². The summed E-state index contributed by atoms with van der Waals surface area (Å²) in [5, 5.41) is 7.84. The maximum absolute atomic E-state index is 12.7. The minimum Gasteiger partial charge on any atom is -0.338 e. The van der Waals surface area contributed by atoms with Crippen LogP contribution >= 0.6 is 11.6 Å². The molecule has 0 bridgehead atoms. The van der Waals surface area contributed by atoms with E-state index in [9.17, 15) is 4.79 Å². The van der Waals surface area contributed by atoms with Gasteiger partial charge in [-0.3, -0.25) is 4.79 Å². The molecule has 0 aliphatic heterocycles. The summed E-state index contributed by atoms with van der Waals surface area (Å²) in [7, 11) is 0. The molecule has 0 unspecified atom stereocenters. The van der Waals surface area contributed by atoms with Crippen LogP contribution in [0.25, 0.3) is 0 Å². The molecule has 0 saturated heterocycles. The monoisotopic (exact) mass is 347 g/mol. The highest BCUT2D eigenvalue weighted by molar-refractivity contribution is 6.30. The molecule has 3 rings (SSSR count). The highest BCUT2D eigenvalue weighted by atomic mass is 35.5. The van der Waals surface area contributed by atoms with E-state index in [0.717, 1.165) is 32.1 Å². The Morgan fingerprint density at radius 2 is 1.88 bits per heavy atom. The van der Waals surface area contributed by atoms with Gasteiger partial charge in [0.2, 0.25) is 0 Å². The van der Waals surface area contributed by atoms with Crippen LogP contribution in [0.15, 0.2) is 28.8 Å². The Kier molecular flexibility index (Phi) is 4.90. The van der Waals surface area contributed by atoms with Crippen LogP contribution < -0.4 is 5.32 Å². The van der Waals surface area contributed by atoms with Crippen LogP contribution in [0.1, 0.15) is 73.9 Å². The first-order valence-electron chi connectivity index (χ1n) is 8.42. The van der Waals surface area contributed by atoms with Gasteiger partial charge in [-0.05, 0) is 37.1 Å². The quantitative estimate of drug-likeness (QED) is 0.888. The highest BCUT2D eigenvalue weighted by Gasteiger charge is 2.41. The molecule has 1 heterocycles. The maximum atomic E-state index is 12.7. The number of rotatable bonds is 4. The summed E-state index contributed by atoms with van der Waals surface area (Å²) in [6.07, 6.45) is 4.84. The zero-order valence-electron chi connectivity index (χ0n) is 14.0. The average Bonchev–Trinajstić information content (AvgIpc) is 3.07. The van der Waals surface area contributed by atoms with Crippen LogP contribution in [-0.2, 0) is 5.54 Å². The van der Waals surface area contributed by atoms with Gasteiger partial charge in [0.05, 0.1) is 0 Å². The van der Waals surface area contributed by atoms with Gasteiger partial charge in [-0.2, -0.15) is 4.98 Å². The number of aromatic nitrogens is 2. The number of benzene rings is 1. The Balaban J connectivity index is 1.87.